The largest absolute Gasteiger partial charge is 0.497 e. The third-order valence-electron chi connectivity index (χ3n) is 4.05. The lowest BCUT2D eigenvalue weighted by Gasteiger charge is -2.17. The van der Waals surface area contributed by atoms with Crippen molar-refractivity contribution in [2.75, 3.05) is 7.11 Å². The zero-order chi connectivity index (χ0) is 22.7. The first-order valence-corrected chi connectivity index (χ1v) is 8.27. The summed E-state index contributed by atoms with van der Waals surface area (Å²) in [4.78, 5) is 23.7. The maximum absolute atomic E-state index is 12.9. The van der Waals surface area contributed by atoms with E-state index in [0.717, 1.165) is 0 Å². The van der Waals surface area contributed by atoms with E-state index in [4.69, 9.17) is 4.74 Å². The van der Waals surface area contributed by atoms with Crippen LogP contribution in [-0.2, 0) is 23.6 Å². The fraction of sp³-hybridized carbons (Fsp3) is 0.263. The molecule has 0 saturated heterocycles. The standard InChI is InChI=1S/C19H15F6NO4/c1-30-14-4-2-10(3-5-14)6-15(17(28)29)26-16(27)11-7-12(18(20,21)22)9-13(8-11)19(23,24)25/h2-5,7-9,15H,6H2,1H3,(H,26,27)(H,28,29)/t15-/m0/s1. The van der Waals surface area contributed by atoms with Crippen LogP contribution in [0.2, 0.25) is 0 Å². The molecule has 0 aliphatic carbocycles. The predicted molar refractivity (Wildman–Crippen MR) is 92.0 cm³/mol. The smallest absolute Gasteiger partial charge is 0.416 e. The molecule has 30 heavy (non-hydrogen) atoms. The summed E-state index contributed by atoms with van der Waals surface area (Å²) < 4.78 is 82.6. The molecule has 0 unspecified atom stereocenters. The summed E-state index contributed by atoms with van der Waals surface area (Å²) in [7, 11) is 1.42. The molecule has 0 radical (unpaired) electrons. The Morgan fingerprint density at radius 3 is 1.87 bits per heavy atom. The number of carbonyl (C=O) groups is 2. The van der Waals surface area contributed by atoms with Crippen LogP contribution in [0.25, 0.3) is 0 Å². The van der Waals surface area contributed by atoms with Crippen molar-refractivity contribution >= 4 is 11.9 Å². The third kappa shape index (κ3) is 5.88. The van der Waals surface area contributed by atoms with E-state index in [0.29, 0.717) is 11.3 Å². The summed E-state index contributed by atoms with van der Waals surface area (Å²) in [6.45, 7) is 0. The normalized spacial score (nSPS) is 12.9. The van der Waals surface area contributed by atoms with E-state index in [1.807, 2.05) is 5.32 Å². The lowest BCUT2D eigenvalue weighted by molar-refractivity contribution is -0.143. The van der Waals surface area contributed by atoms with E-state index in [2.05, 4.69) is 0 Å². The number of halogens is 6. The quantitative estimate of drug-likeness (QED) is 0.669. The molecule has 1 atom stereocenters. The number of rotatable bonds is 6. The summed E-state index contributed by atoms with van der Waals surface area (Å²) in [5.41, 5.74) is -3.87. The highest BCUT2D eigenvalue weighted by Crippen LogP contribution is 2.36. The van der Waals surface area contributed by atoms with Crippen LogP contribution in [-0.4, -0.2) is 30.1 Å². The number of carbonyl (C=O) groups excluding carboxylic acids is 1. The summed E-state index contributed by atoms with van der Waals surface area (Å²) >= 11 is 0. The summed E-state index contributed by atoms with van der Waals surface area (Å²) in [6, 6.07) is 4.82. The highest BCUT2D eigenvalue weighted by atomic mass is 19.4. The lowest BCUT2D eigenvalue weighted by atomic mass is 10.0. The molecule has 0 aromatic heterocycles. The maximum atomic E-state index is 12.9. The molecule has 2 aromatic rings. The Morgan fingerprint density at radius 2 is 1.47 bits per heavy atom. The Balaban J connectivity index is 2.31. The predicted octanol–water partition coefficient (Wildman–Crippen LogP) is 4.16. The molecule has 0 aliphatic heterocycles. The average Bonchev–Trinajstić information content (AvgIpc) is 2.66. The van der Waals surface area contributed by atoms with Gasteiger partial charge in [0.25, 0.3) is 5.91 Å². The number of carboxylic acids is 1. The van der Waals surface area contributed by atoms with Crippen LogP contribution < -0.4 is 10.1 Å². The van der Waals surface area contributed by atoms with Crippen LogP contribution in [0.1, 0.15) is 27.0 Å². The minimum absolute atomic E-state index is 0.122. The molecule has 2 rings (SSSR count). The summed E-state index contributed by atoms with van der Waals surface area (Å²) in [5.74, 6) is -2.41. The van der Waals surface area contributed by atoms with Crippen molar-refractivity contribution in [1.29, 1.82) is 0 Å². The van der Waals surface area contributed by atoms with Crippen LogP contribution >= 0.6 is 0 Å². The second kappa shape index (κ2) is 8.64. The van der Waals surface area contributed by atoms with Gasteiger partial charge in [-0.3, -0.25) is 4.79 Å². The highest BCUT2D eigenvalue weighted by molar-refractivity contribution is 5.97. The van der Waals surface area contributed by atoms with E-state index in [1.165, 1.54) is 31.4 Å². The van der Waals surface area contributed by atoms with Crippen LogP contribution in [0.15, 0.2) is 42.5 Å². The van der Waals surface area contributed by atoms with Crippen molar-refractivity contribution in [3.05, 3.63) is 64.7 Å². The molecule has 0 spiro atoms. The molecule has 1 amide bonds. The minimum Gasteiger partial charge on any atom is -0.497 e. The molecule has 0 fully saturated rings. The number of alkyl halides is 6. The Hall–Kier alpha value is -3.24. The van der Waals surface area contributed by atoms with Crippen LogP contribution in [0.5, 0.6) is 5.75 Å². The number of aliphatic carboxylic acids is 1. The first kappa shape index (κ1) is 23.0. The summed E-state index contributed by atoms with van der Waals surface area (Å²) in [5, 5.41) is 11.3. The first-order chi connectivity index (χ1) is 13.8. The maximum Gasteiger partial charge on any atom is 0.416 e. The number of ether oxygens (including phenoxy) is 1. The van der Waals surface area contributed by atoms with Crippen molar-refractivity contribution in [2.24, 2.45) is 0 Å². The van der Waals surface area contributed by atoms with Crippen molar-refractivity contribution in [3.63, 3.8) is 0 Å². The average molecular weight is 435 g/mol. The van der Waals surface area contributed by atoms with Crippen LogP contribution in [0.4, 0.5) is 26.3 Å². The van der Waals surface area contributed by atoms with Gasteiger partial charge in [0.05, 0.1) is 18.2 Å². The van der Waals surface area contributed by atoms with Crippen molar-refractivity contribution in [2.45, 2.75) is 24.8 Å². The lowest BCUT2D eigenvalue weighted by Crippen LogP contribution is -2.42. The monoisotopic (exact) mass is 435 g/mol. The van der Waals surface area contributed by atoms with Gasteiger partial charge < -0.3 is 15.2 Å². The van der Waals surface area contributed by atoms with Crippen LogP contribution in [0, 0.1) is 0 Å². The Labute approximate surface area is 166 Å². The van der Waals surface area contributed by atoms with E-state index in [9.17, 15) is 41.0 Å². The van der Waals surface area contributed by atoms with E-state index < -0.39 is 47.0 Å². The van der Waals surface area contributed by atoms with Gasteiger partial charge in [0.2, 0.25) is 0 Å². The number of methoxy groups -OCH3 is 1. The molecule has 0 bridgehead atoms. The fourth-order valence-corrected chi connectivity index (χ4v) is 2.52. The number of benzene rings is 2. The Kier molecular flexibility index (Phi) is 6.63. The summed E-state index contributed by atoms with van der Waals surface area (Å²) in [6.07, 6.45) is -10.5. The number of hydrogen-bond acceptors (Lipinski definition) is 3. The molecule has 2 N–H and O–H groups in total. The fourth-order valence-electron chi connectivity index (χ4n) is 2.52. The van der Waals surface area contributed by atoms with Crippen molar-refractivity contribution < 1.29 is 45.8 Å². The third-order valence-corrected chi connectivity index (χ3v) is 4.05. The molecule has 0 heterocycles. The van der Waals surface area contributed by atoms with Gasteiger partial charge in [-0.1, -0.05) is 12.1 Å². The number of carboxylic acid groups (broad SMARTS) is 1. The molecule has 2 aromatic carbocycles. The molecule has 162 valence electrons. The van der Waals surface area contributed by atoms with Gasteiger partial charge in [0.1, 0.15) is 11.8 Å². The zero-order valence-corrected chi connectivity index (χ0v) is 15.3. The number of hydrogen-bond donors (Lipinski definition) is 2. The van der Waals surface area contributed by atoms with Gasteiger partial charge in [-0.15, -0.1) is 0 Å². The molecular formula is C19H15F6NO4. The van der Waals surface area contributed by atoms with E-state index in [-0.39, 0.29) is 24.6 Å². The number of nitrogens with one attached hydrogen (secondary N) is 1. The SMILES string of the molecule is COc1ccc(C[C@H](NC(=O)c2cc(C(F)(F)F)cc(C(F)(F)F)c2)C(=O)O)cc1. The molecule has 5 nitrogen and oxygen atoms in total. The Bertz CT molecular complexity index is 890. The Morgan fingerprint density at radius 1 is 0.967 bits per heavy atom. The van der Waals surface area contributed by atoms with Gasteiger partial charge >= 0.3 is 18.3 Å². The van der Waals surface area contributed by atoms with Crippen LogP contribution in [0.3, 0.4) is 0 Å². The van der Waals surface area contributed by atoms with Gasteiger partial charge in [0, 0.05) is 12.0 Å². The topological polar surface area (TPSA) is 75.6 Å². The molecule has 0 saturated carbocycles. The first-order valence-electron chi connectivity index (χ1n) is 8.27. The second-order valence-corrected chi connectivity index (χ2v) is 6.21. The minimum atomic E-state index is -5.13. The molecule has 0 aliphatic rings. The van der Waals surface area contributed by atoms with Crippen molar-refractivity contribution in [1.82, 2.24) is 5.32 Å². The molecule has 11 heteroatoms. The van der Waals surface area contributed by atoms with E-state index >= 15 is 0 Å². The highest BCUT2D eigenvalue weighted by Gasteiger charge is 2.37. The zero-order valence-electron chi connectivity index (χ0n) is 15.3. The molecular weight excluding hydrogens is 420 g/mol. The van der Waals surface area contributed by atoms with Gasteiger partial charge in [-0.25, -0.2) is 4.79 Å². The van der Waals surface area contributed by atoms with Gasteiger partial charge in [-0.2, -0.15) is 26.3 Å². The van der Waals surface area contributed by atoms with Crippen molar-refractivity contribution in [3.8, 4) is 5.75 Å². The van der Waals surface area contributed by atoms with Gasteiger partial charge in [0.15, 0.2) is 0 Å². The van der Waals surface area contributed by atoms with E-state index in [1.54, 1.807) is 0 Å². The second-order valence-electron chi connectivity index (χ2n) is 6.21. The number of amides is 1. The van der Waals surface area contributed by atoms with Gasteiger partial charge in [-0.05, 0) is 35.9 Å².